The highest BCUT2D eigenvalue weighted by Gasteiger charge is 2.20. The molecule has 1 aliphatic rings. The molecule has 0 aromatic heterocycles. The van der Waals surface area contributed by atoms with E-state index < -0.39 is 0 Å². The topological polar surface area (TPSA) is 61.9 Å². The van der Waals surface area contributed by atoms with Crippen LogP contribution in [0.25, 0.3) is 0 Å². The standard InChI is InChI=1S/C11H22N4O/c1-9(16)14-5-7-15(8-6-14)10(12)13-11(2,3)4/h5-8H2,1-4H3,(H2,12,13). The zero-order valence-corrected chi connectivity index (χ0v) is 10.7. The van der Waals surface area contributed by atoms with E-state index in [1.54, 1.807) is 6.92 Å². The quantitative estimate of drug-likeness (QED) is 0.476. The molecule has 5 heteroatoms. The van der Waals surface area contributed by atoms with Crippen LogP contribution >= 0.6 is 0 Å². The molecule has 1 fully saturated rings. The van der Waals surface area contributed by atoms with Gasteiger partial charge in [-0.05, 0) is 20.8 Å². The Morgan fingerprint density at radius 3 is 1.94 bits per heavy atom. The molecule has 1 heterocycles. The smallest absolute Gasteiger partial charge is 0.219 e. The molecule has 0 radical (unpaired) electrons. The Balaban J connectivity index is 2.54. The van der Waals surface area contributed by atoms with Crippen molar-refractivity contribution in [3.63, 3.8) is 0 Å². The Hall–Kier alpha value is -1.26. The molecule has 16 heavy (non-hydrogen) atoms. The van der Waals surface area contributed by atoms with Crippen molar-refractivity contribution < 1.29 is 4.79 Å². The summed E-state index contributed by atoms with van der Waals surface area (Å²) in [7, 11) is 0. The van der Waals surface area contributed by atoms with Gasteiger partial charge in [-0.2, -0.15) is 0 Å². The predicted octanol–water partition coefficient (Wildman–Crippen LogP) is 0.264. The van der Waals surface area contributed by atoms with Crippen molar-refractivity contribution >= 4 is 11.9 Å². The number of piperazine rings is 1. The molecule has 92 valence electrons. The zero-order valence-electron chi connectivity index (χ0n) is 10.7. The molecule has 0 aromatic rings. The molecule has 1 rings (SSSR count). The lowest BCUT2D eigenvalue weighted by Gasteiger charge is -2.35. The molecule has 0 saturated carbocycles. The molecular weight excluding hydrogens is 204 g/mol. The minimum atomic E-state index is -0.151. The summed E-state index contributed by atoms with van der Waals surface area (Å²) in [6.07, 6.45) is 0. The van der Waals surface area contributed by atoms with Crippen molar-refractivity contribution in [2.45, 2.75) is 33.2 Å². The third-order valence-corrected chi connectivity index (χ3v) is 2.50. The van der Waals surface area contributed by atoms with E-state index in [0.717, 1.165) is 26.2 Å². The van der Waals surface area contributed by atoms with Crippen LogP contribution in [0.4, 0.5) is 0 Å². The summed E-state index contributed by atoms with van der Waals surface area (Å²) in [5.41, 5.74) is 5.78. The third kappa shape index (κ3) is 3.72. The molecule has 1 saturated heterocycles. The molecule has 5 nitrogen and oxygen atoms in total. The van der Waals surface area contributed by atoms with Crippen molar-refractivity contribution in [1.82, 2.24) is 9.80 Å². The van der Waals surface area contributed by atoms with Crippen LogP contribution in [0.15, 0.2) is 4.99 Å². The van der Waals surface area contributed by atoms with Gasteiger partial charge in [0.05, 0.1) is 5.54 Å². The van der Waals surface area contributed by atoms with Crippen LogP contribution in [0, 0.1) is 0 Å². The van der Waals surface area contributed by atoms with E-state index in [4.69, 9.17) is 5.73 Å². The van der Waals surface area contributed by atoms with Gasteiger partial charge in [0.25, 0.3) is 0 Å². The van der Waals surface area contributed by atoms with Gasteiger partial charge < -0.3 is 15.5 Å². The normalized spacial score (nSPS) is 18.9. The molecule has 0 aliphatic carbocycles. The number of aliphatic imine (C=N–C) groups is 1. The lowest BCUT2D eigenvalue weighted by atomic mass is 10.1. The molecule has 0 spiro atoms. The lowest BCUT2D eigenvalue weighted by molar-refractivity contribution is -0.130. The van der Waals surface area contributed by atoms with Crippen LogP contribution in [0.3, 0.4) is 0 Å². The van der Waals surface area contributed by atoms with Crippen molar-refractivity contribution in [2.24, 2.45) is 10.7 Å². The number of guanidine groups is 1. The van der Waals surface area contributed by atoms with E-state index in [9.17, 15) is 4.79 Å². The van der Waals surface area contributed by atoms with Gasteiger partial charge in [0.2, 0.25) is 5.91 Å². The second-order valence-electron chi connectivity index (χ2n) is 5.13. The summed E-state index contributed by atoms with van der Waals surface area (Å²) < 4.78 is 0. The first-order valence-electron chi connectivity index (χ1n) is 5.65. The largest absolute Gasteiger partial charge is 0.370 e. The number of nitrogens with zero attached hydrogens (tertiary/aromatic N) is 3. The maximum atomic E-state index is 11.2. The summed E-state index contributed by atoms with van der Waals surface area (Å²) in [5.74, 6) is 0.710. The van der Waals surface area contributed by atoms with Crippen molar-refractivity contribution in [2.75, 3.05) is 26.2 Å². The summed E-state index contributed by atoms with van der Waals surface area (Å²) in [6.45, 7) is 10.7. The Kier molecular flexibility index (Phi) is 3.78. The minimum Gasteiger partial charge on any atom is -0.370 e. The highest BCUT2D eigenvalue weighted by molar-refractivity contribution is 5.79. The molecule has 0 atom stereocenters. The first-order chi connectivity index (χ1) is 7.29. The summed E-state index contributed by atoms with van der Waals surface area (Å²) >= 11 is 0. The molecule has 0 aromatic carbocycles. The maximum absolute atomic E-state index is 11.2. The average molecular weight is 226 g/mol. The summed E-state index contributed by atoms with van der Waals surface area (Å²) in [6, 6.07) is 0. The lowest BCUT2D eigenvalue weighted by Crippen LogP contribution is -2.52. The number of hydrogen-bond acceptors (Lipinski definition) is 2. The average Bonchev–Trinajstić information content (AvgIpc) is 2.15. The van der Waals surface area contributed by atoms with E-state index in [0.29, 0.717) is 5.96 Å². The van der Waals surface area contributed by atoms with Gasteiger partial charge in [0.15, 0.2) is 5.96 Å². The van der Waals surface area contributed by atoms with Gasteiger partial charge in [-0.3, -0.25) is 4.79 Å². The highest BCUT2D eigenvalue weighted by atomic mass is 16.2. The Morgan fingerprint density at radius 2 is 1.56 bits per heavy atom. The second kappa shape index (κ2) is 4.72. The fraction of sp³-hybridized carbons (Fsp3) is 0.818. The molecule has 0 unspecified atom stereocenters. The molecule has 1 amide bonds. The maximum Gasteiger partial charge on any atom is 0.219 e. The number of hydrogen-bond donors (Lipinski definition) is 1. The Morgan fingerprint density at radius 1 is 1.12 bits per heavy atom. The number of nitrogens with two attached hydrogens (primary N) is 1. The SMILES string of the molecule is CC(=O)N1CCN(C(N)=NC(C)(C)C)CC1. The van der Waals surface area contributed by atoms with Crippen LogP contribution in [0.2, 0.25) is 0 Å². The Labute approximate surface area is 97.3 Å². The third-order valence-electron chi connectivity index (χ3n) is 2.50. The number of carbonyl (C=O) groups excluding carboxylic acids is 1. The van der Waals surface area contributed by atoms with E-state index in [1.807, 2.05) is 30.6 Å². The molecular formula is C11H22N4O. The molecule has 0 bridgehead atoms. The van der Waals surface area contributed by atoms with Gasteiger partial charge in [-0.15, -0.1) is 0 Å². The summed E-state index contributed by atoms with van der Waals surface area (Å²) in [5, 5.41) is 0. The monoisotopic (exact) mass is 226 g/mol. The number of amides is 1. The van der Waals surface area contributed by atoms with Crippen LogP contribution < -0.4 is 5.73 Å². The molecule has 2 N–H and O–H groups in total. The van der Waals surface area contributed by atoms with Crippen LogP contribution in [-0.4, -0.2) is 53.4 Å². The van der Waals surface area contributed by atoms with Gasteiger partial charge in [0.1, 0.15) is 0 Å². The first-order valence-corrected chi connectivity index (χ1v) is 5.65. The van der Waals surface area contributed by atoms with E-state index in [2.05, 4.69) is 4.99 Å². The Bertz CT molecular complexity index is 285. The van der Waals surface area contributed by atoms with Gasteiger partial charge in [0, 0.05) is 33.1 Å². The van der Waals surface area contributed by atoms with Crippen molar-refractivity contribution in [1.29, 1.82) is 0 Å². The zero-order chi connectivity index (χ0) is 12.3. The molecule has 1 aliphatic heterocycles. The van der Waals surface area contributed by atoms with Gasteiger partial charge in [-0.1, -0.05) is 0 Å². The van der Waals surface area contributed by atoms with Crippen molar-refractivity contribution in [3.8, 4) is 0 Å². The van der Waals surface area contributed by atoms with Gasteiger partial charge >= 0.3 is 0 Å². The van der Waals surface area contributed by atoms with Gasteiger partial charge in [-0.25, -0.2) is 4.99 Å². The van der Waals surface area contributed by atoms with Crippen LogP contribution in [0.5, 0.6) is 0 Å². The van der Waals surface area contributed by atoms with Crippen LogP contribution in [0.1, 0.15) is 27.7 Å². The van der Waals surface area contributed by atoms with Crippen molar-refractivity contribution in [3.05, 3.63) is 0 Å². The number of rotatable bonds is 0. The van der Waals surface area contributed by atoms with E-state index in [1.165, 1.54) is 0 Å². The predicted molar refractivity (Wildman–Crippen MR) is 65.2 cm³/mol. The fourth-order valence-electron chi connectivity index (χ4n) is 1.66. The fourth-order valence-corrected chi connectivity index (χ4v) is 1.66. The van der Waals surface area contributed by atoms with E-state index >= 15 is 0 Å². The minimum absolute atomic E-state index is 0.131. The summed E-state index contributed by atoms with van der Waals surface area (Å²) in [4.78, 5) is 19.4. The highest BCUT2D eigenvalue weighted by Crippen LogP contribution is 2.08. The number of carbonyl (C=O) groups is 1. The van der Waals surface area contributed by atoms with Crippen LogP contribution in [-0.2, 0) is 4.79 Å². The first kappa shape index (κ1) is 12.8. The second-order valence-corrected chi connectivity index (χ2v) is 5.13. The van der Waals surface area contributed by atoms with E-state index in [-0.39, 0.29) is 11.4 Å².